The number of nitrogens with zero attached hydrogens (tertiary/aromatic N) is 3. The maximum Gasteiger partial charge on any atom is 0.490 e. The highest BCUT2D eigenvalue weighted by atomic mass is 79.9. The minimum atomic E-state index is -5.08. The Morgan fingerprint density at radius 2 is 1.49 bits per heavy atom. The van der Waals surface area contributed by atoms with E-state index < -0.39 is 12.1 Å². The number of rotatable bonds is 12. The molecule has 0 saturated carbocycles. The molecular formula is C37H38BrF3N4O4. The fraction of sp³-hybridized carbons (Fsp3) is 0.297. The van der Waals surface area contributed by atoms with E-state index in [9.17, 15) is 22.8 Å². The number of likely N-dealkylation sites (tertiary alicyclic amines) is 1. The van der Waals surface area contributed by atoms with Gasteiger partial charge in [0.2, 0.25) is 5.91 Å². The Morgan fingerprint density at radius 1 is 0.857 bits per heavy atom. The minimum absolute atomic E-state index is 0.0485. The van der Waals surface area contributed by atoms with Gasteiger partial charge in [-0.2, -0.15) is 13.2 Å². The molecule has 0 radical (unpaired) electrons. The highest BCUT2D eigenvalue weighted by Gasteiger charge is 2.38. The summed E-state index contributed by atoms with van der Waals surface area (Å²) >= 11 is 3.52. The topological polar surface area (TPSA) is 103 Å². The summed E-state index contributed by atoms with van der Waals surface area (Å²) in [5, 5.41) is 10.2. The van der Waals surface area contributed by atoms with Crippen LogP contribution in [0.15, 0.2) is 102 Å². The van der Waals surface area contributed by atoms with E-state index in [-0.39, 0.29) is 11.8 Å². The van der Waals surface area contributed by atoms with Crippen LogP contribution in [0.4, 0.5) is 13.2 Å². The molecule has 2 amide bonds. The lowest BCUT2D eigenvalue weighted by molar-refractivity contribution is -0.192. The van der Waals surface area contributed by atoms with E-state index in [1.165, 1.54) is 12.8 Å². The maximum absolute atomic E-state index is 13.5. The van der Waals surface area contributed by atoms with Crippen molar-refractivity contribution in [2.24, 2.45) is 0 Å². The van der Waals surface area contributed by atoms with Crippen molar-refractivity contribution in [2.45, 2.75) is 38.4 Å². The number of hydrogen-bond acceptors (Lipinski definition) is 5. The fourth-order valence-electron chi connectivity index (χ4n) is 5.38. The van der Waals surface area contributed by atoms with Crippen LogP contribution in [0.2, 0.25) is 0 Å². The van der Waals surface area contributed by atoms with Crippen molar-refractivity contribution in [2.75, 3.05) is 32.7 Å². The second-order valence-electron chi connectivity index (χ2n) is 11.6. The zero-order valence-electron chi connectivity index (χ0n) is 26.8. The van der Waals surface area contributed by atoms with Crippen LogP contribution >= 0.6 is 15.9 Å². The van der Waals surface area contributed by atoms with Crippen molar-refractivity contribution in [3.63, 3.8) is 0 Å². The molecule has 0 atom stereocenters. The molecule has 5 rings (SSSR count). The molecule has 49 heavy (non-hydrogen) atoms. The molecular weight excluding hydrogens is 701 g/mol. The summed E-state index contributed by atoms with van der Waals surface area (Å²) in [7, 11) is 0. The van der Waals surface area contributed by atoms with Crippen molar-refractivity contribution < 1.29 is 32.7 Å². The number of carboxylic acids is 1. The van der Waals surface area contributed by atoms with Crippen molar-refractivity contribution in [1.82, 2.24) is 20.1 Å². The first-order valence-electron chi connectivity index (χ1n) is 15.9. The molecule has 3 aromatic carbocycles. The third kappa shape index (κ3) is 12.4. The predicted octanol–water partition coefficient (Wildman–Crippen LogP) is 6.78. The van der Waals surface area contributed by atoms with E-state index in [1.807, 2.05) is 71.6 Å². The standard InChI is InChI=1S/C35H37BrN4O2.C2HF3O2/c36-33-11-4-6-28(23-33)24-34(41)40(20-14-27-12-15-37-16-13-27)26-29-7-3-8-30(22-29)31-9-5-10-32(25-31)35(42)38-17-21-39-18-1-2-19-39;3-2(4,5)1(6)7/h3-13,15-16,22-23,25H,1-2,14,17-21,24,26H2,(H,38,42);(H,6,7). The van der Waals surface area contributed by atoms with E-state index in [0.29, 0.717) is 31.6 Å². The van der Waals surface area contributed by atoms with Crippen LogP contribution in [0.3, 0.4) is 0 Å². The van der Waals surface area contributed by atoms with Crippen LogP contribution in [0.25, 0.3) is 11.1 Å². The van der Waals surface area contributed by atoms with E-state index in [4.69, 9.17) is 9.90 Å². The van der Waals surface area contributed by atoms with Crippen molar-refractivity contribution in [3.05, 3.63) is 124 Å². The van der Waals surface area contributed by atoms with Crippen LogP contribution in [-0.4, -0.2) is 76.6 Å². The summed E-state index contributed by atoms with van der Waals surface area (Å²) in [5.41, 5.74) is 5.83. The normalized spacial score (nSPS) is 12.9. The second kappa shape index (κ2) is 18.3. The molecule has 4 aromatic rings. The zero-order valence-corrected chi connectivity index (χ0v) is 28.4. The molecule has 2 heterocycles. The monoisotopic (exact) mass is 738 g/mol. The Hall–Kier alpha value is -4.55. The number of aromatic nitrogens is 1. The molecule has 1 fully saturated rings. The molecule has 1 saturated heterocycles. The number of benzene rings is 3. The van der Waals surface area contributed by atoms with Gasteiger partial charge in [-0.15, -0.1) is 0 Å². The SMILES string of the molecule is O=C(NCCN1CCCC1)c1cccc(-c2cccc(CN(CCc3ccncc3)C(=O)Cc3cccc(Br)c3)c2)c1.O=C(O)C(F)(F)F. The summed E-state index contributed by atoms with van der Waals surface area (Å²) in [6.45, 7) is 4.90. The maximum atomic E-state index is 13.5. The fourth-order valence-corrected chi connectivity index (χ4v) is 5.83. The first-order chi connectivity index (χ1) is 23.5. The van der Waals surface area contributed by atoms with Crippen LogP contribution in [0.5, 0.6) is 0 Å². The average molecular weight is 740 g/mol. The molecule has 0 bridgehead atoms. The van der Waals surface area contributed by atoms with Gasteiger partial charge in [0.1, 0.15) is 0 Å². The third-order valence-corrected chi connectivity index (χ3v) is 8.42. The summed E-state index contributed by atoms with van der Waals surface area (Å²) in [6, 6.07) is 27.9. The van der Waals surface area contributed by atoms with Gasteiger partial charge in [0.25, 0.3) is 5.91 Å². The van der Waals surface area contributed by atoms with Crippen LogP contribution in [0.1, 0.15) is 39.9 Å². The van der Waals surface area contributed by atoms with E-state index in [2.05, 4.69) is 49.3 Å². The van der Waals surface area contributed by atoms with Gasteiger partial charge in [0.15, 0.2) is 0 Å². The summed E-state index contributed by atoms with van der Waals surface area (Å²) < 4.78 is 32.7. The quantitative estimate of drug-likeness (QED) is 0.166. The number of amides is 2. The number of carbonyl (C=O) groups is 3. The number of hydrogen-bond donors (Lipinski definition) is 2. The van der Waals surface area contributed by atoms with Crippen LogP contribution in [-0.2, 0) is 29.0 Å². The van der Waals surface area contributed by atoms with Crippen molar-refractivity contribution in [3.8, 4) is 11.1 Å². The number of alkyl halides is 3. The van der Waals surface area contributed by atoms with Gasteiger partial charge in [-0.3, -0.25) is 14.6 Å². The summed E-state index contributed by atoms with van der Waals surface area (Å²) in [5.74, 6) is -2.72. The average Bonchev–Trinajstić information content (AvgIpc) is 3.61. The van der Waals surface area contributed by atoms with Gasteiger partial charge in [0.05, 0.1) is 6.42 Å². The van der Waals surface area contributed by atoms with Gasteiger partial charge in [-0.25, -0.2) is 4.79 Å². The number of aliphatic carboxylic acids is 1. The number of nitrogens with one attached hydrogen (secondary N) is 1. The molecule has 0 unspecified atom stereocenters. The first-order valence-corrected chi connectivity index (χ1v) is 16.7. The highest BCUT2D eigenvalue weighted by Crippen LogP contribution is 2.23. The minimum Gasteiger partial charge on any atom is -0.475 e. The Bertz CT molecular complexity index is 1700. The van der Waals surface area contributed by atoms with Gasteiger partial charge < -0.3 is 20.2 Å². The van der Waals surface area contributed by atoms with Gasteiger partial charge in [-0.05, 0) is 103 Å². The lowest BCUT2D eigenvalue weighted by atomic mass is 10.0. The second-order valence-corrected chi connectivity index (χ2v) is 12.5. The Balaban J connectivity index is 0.000000698. The lowest BCUT2D eigenvalue weighted by Gasteiger charge is -2.24. The van der Waals surface area contributed by atoms with Gasteiger partial charge >= 0.3 is 12.1 Å². The third-order valence-electron chi connectivity index (χ3n) is 7.93. The van der Waals surface area contributed by atoms with Gasteiger partial charge in [0, 0.05) is 48.6 Å². The Kier molecular flexibility index (Phi) is 13.9. The number of carboxylic acid groups (broad SMARTS) is 1. The van der Waals surface area contributed by atoms with E-state index in [0.717, 1.165) is 58.3 Å². The first kappa shape index (κ1) is 37.3. The number of pyridine rings is 1. The largest absolute Gasteiger partial charge is 0.490 e. The lowest BCUT2D eigenvalue weighted by Crippen LogP contribution is -2.33. The summed E-state index contributed by atoms with van der Waals surface area (Å²) in [6.07, 6.45) is 2.07. The zero-order chi connectivity index (χ0) is 35.2. The molecule has 0 spiro atoms. The molecule has 8 nitrogen and oxygen atoms in total. The molecule has 0 aliphatic carbocycles. The van der Waals surface area contributed by atoms with Crippen molar-refractivity contribution >= 4 is 33.7 Å². The van der Waals surface area contributed by atoms with Crippen LogP contribution in [0, 0.1) is 0 Å². The smallest absolute Gasteiger partial charge is 0.475 e. The van der Waals surface area contributed by atoms with Crippen LogP contribution < -0.4 is 5.32 Å². The predicted molar refractivity (Wildman–Crippen MR) is 185 cm³/mol. The molecule has 2 N–H and O–H groups in total. The Labute approximate surface area is 292 Å². The highest BCUT2D eigenvalue weighted by molar-refractivity contribution is 9.10. The molecule has 1 aliphatic heterocycles. The van der Waals surface area contributed by atoms with Crippen molar-refractivity contribution in [1.29, 1.82) is 0 Å². The van der Waals surface area contributed by atoms with E-state index in [1.54, 1.807) is 12.4 Å². The Morgan fingerprint density at radius 3 is 2.16 bits per heavy atom. The van der Waals surface area contributed by atoms with E-state index >= 15 is 0 Å². The van der Waals surface area contributed by atoms with Gasteiger partial charge in [-0.1, -0.05) is 58.4 Å². The molecule has 1 aliphatic rings. The number of halogens is 4. The molecule has 258 valence electrons. The number of carbonyl (C=O) groups excluding carboxylic acids is 2. The molecule has 12 heteroatoms. The molecule has 1 aromatic heterocycles. The summed E-state index contributed by atoms with van der Waals surface area (Å²) in [4.78, 5) is 43.8.